The zero-order valence-electron chi connectivity index (χ0n) is 10.6. The minimum absolute atomic E-state index is 0.118. The maximum atomic E-state index is 13.4. The molecule has 0 radical (unpaired) electrons. The summed E-state index contributed by atoms with van der Waals surface area (Å²) >= 11 is 5.81. The highest BCUT2D eigenvalue weighted by atomic mass is 35.5. The third kappa shape index (κ3) is 4.64. The molecule has 1 aromatic carbocycles. The second-order valence-electron chi connectivity index (χ2n) is 5.51. The molecule has 3 heteroatoms. The largest absolute Gasteiger partial charge is 0.393 e. The van der Waals surface area contributed by atoms with Crippen molar-refractivity contribution < 1.29 is 9.50 Å². The van der Waals surface area contributed by atoms with Crippen LogP contribution < -0.4 is 0 Å². The summed E-state index contributed by atoms with van der Waals surface area (Å²) < 4.78 is 13.4. The Hall–Kier alpha value is -0.600. The third-order valence-corrected chi connectivity index (χ3v) is 3.17. The van der Waals surface area contributed by atoms with E-state index in [1.54, 1.807) is 12.1 Å². The molecule has 0 aliphatic carbocycles. The molecule has 1 nitrogen and oxygen atoms in total. The van der Waals surface area contributed by atoms with E-state index in [1.165, 1.54) is 6.07 Å². The fourth-order valence-electron chi connectivity index (χ4n) is 1.65. The Morgan fingerprint density at radius 1 is 1.35 bits per heavy atom. The Morgan fingerprint density at radius 2 is 2.00 bits per heavy atom. The van der Waals surface area contributed by atoms with E-state index in [0.717, 1.165) is 6.42 Å². The van der Waals surface area contributed by atoms with Gasteiger partial charge < -0.3 is 5.11 Å². The average Bonchev–Trinajstić information content (AvgIpc) is 2.21. The molecule has 1 unspecified atom stereocenters. The number of benzene rings is 1. The maximum absolute atomic E-state index is 13.4. The van der Waals surface area contributed by atoms with Crippen LogP contribution in [0.15, 0.2) is 18.2 Å². The fraction of sp³-hybridized carbons (Fsp3) is 0.571. The molecule has 0 saturated heterocycles. The van der Waals surface area contributed by atoms with Gasteiger partial charge in [-0.3, -0.25) is 0 Å². The van der Waals surface area contributed by atoms with Crippen molar-refractivity contribution in [2.24, 2.45) is 5.41 Å². The zero-order valence-corrected chi connectivity index (χ0v) is 11.4. The van der Waals surface area contributed by atoms with E-state index in [9.17, 15) is 9.50 Å². The second kappa shape index (κ2) is 5.83. The molecule has 1 atom stereocenters. The van der Waals surface area contributed by atoms with Gasteiger partial charge in [-0.05, 0) is 48.4 Å². The third-order valence-electron chi connectivity index (χ3n) is 2.93. The highest BCUT2D eigenvalue weighted by molar-refractivity contribution is 6.30. The molecule has 0 spiro atoms. The minimum Gasteiger partial charge on any atom is -0.393 e. The average molecular weight is 259 g/mol. The standard InChI is InChI=1S/C14H20ClFO/c1-14(2,3)13(17)6-4-5-10-9-11(15)7-8-12(10)16/h7-9,13,17H,4-6H2,1-3H3. The van der Waals surface area contributed by atoms with E-state index in [0.29, 0.717) is 23.4 Å². The number of aryl methyl sites for hydroxylation is 1. The molecule has 0 saturated carbocycles. The lowest BCUT2D eigenvalue weighted by atomic mass is 9.86. The van der Waals surface area contributed by atoms with E-state index in [2.05, 4.69) is 0 Å². The Morgan fingerprint density at radius 3 is 2.59 bits per heavy atom. The Kier molecular flexibility index (Phi) is 4.96. The van der Waals surface area contributed by atoms with Crippen LogP contribution in [0, 0.1) is 11.2 Å². The predicted octanol–water partition coefficient (Wildman–Crippen LogP) is 4.21. The van der Waals surface area contributed by atoms with Gasteiger partial charge in [0.2, 0.25) is 0 Å². The Bertz CT molecular complexity index is 371. The van der Waals surface area contributed by atoms with E-state index in [1.807, 2.05) is 20.8 Å². The summed E-state index contributed by atoms with van der Waals surface area (Å²) in [6.07, 6.45) is 1.69. The van der Waals surface area contributed by atoms with Crippen LogP contribution in [-0.2, 0) is 6.42 Å². The maximum Gasteiger partial charge on any atom is 0.126 e. The van der Waals surface area contributed by atoms with Crippen molar-refractivity contribution in [2.45, 2.75) is 46.1 Å². The lowest BCUT2D eigenvalue weighted by Crippen LogP contribution is -2.25. The first-order chi connectivity index (χ1) is 7.80. The van der Waals surface area contributed by atoms with E-state index in [-0.39, 0.29) is 17.3 Å². The zero-order chi connectivity index (χ0) is 13.1. The summed E-state index contributed by atoms with van der Waals surface area (Å²) in [7, 11) is 0. The number of rotatable bonds is 4. The number of hydrogen-bond acceptors (Lipinski definition) is 1. The normalized spacial score (nSPS) is 13.8. The van der Waals surface area contributed by atoms with E-state index >= 15 is 0 Å². The van der Waals surface area contributed by atoms with Crippen LogP contribution in [0.1, 0.15) is 39.2 Å². The lowest BCUT2D eigenvalue weighted by Gasteiger charge is -2.25. The number of halogens is 2. The van der Waals surface area contributed by atoms with Crippen LogP contribution in [0.5, 0.6) is 0 Å². The van der Waals surface area contributed by atoms with Crippen LogP contribution in [0.25, 0.3) is 0 Å². The molecule has 0 heterocycles. The van der Waals surface area contributed by atoms with Crippen molar-refractivity contribution in [3.63, 3.8) is 0 Å². The Labute approximate surface area is 108 Å². The van der Waals surface area contributed by atoms with Crippen LogP contribution in [-0.4, -0.2) is 11.2 Å². The molecule has 1 rings (SSSR count). The number of aliphatic hydroxyl groups is 1. The first-order valence-electron chi connectivity index (χ1n) is 5.92. The first-order valence-corrected chi connectivity index (χ1v) is 6.30. The topological polar surface area (TPSA) is 20.2 Å². The molecule has 17 heavy (non-hydrogen) atoms. The molecular formula is C14H20ClFO. The van der Waals surface area contributed by atoms with E-state index < -0.39 is 0 Å². The minimum atomic E-state index is -0.357. The molecule has 1 aromatic rings. The summed E-state index contributed by atoms with van der Waals surface area (Å²) in [5.74, 6) is -0.223. The molecule has 0 aliphatic rings. The van der Waals surface area contributed by atoms with Crippen molar-refractivity contribution in [2.75, 3.05) is 0 Å². The number of aliphatic hydroxyl groups excluding tert-OH is 1. The van der Waals surface area contributed by atoms with Crippen molar-refractivity contribution in [3.05, 3.63) is 34.6 Å². The van der Waals surface area contributed by atoms with Crippen LogP contribution in [0.3, 0.4) is 0 Å². The molecule has 0 amide bonds. The second-order valence-corrected chi connectivity index (χ2v) is 5.95. The van der Waals surface area contributed by atoms with Gasteiger partial charge in [0.15, 0.2) is 0 Å². The van der Waals surface area contributed by atoms with E-state index in [4.69, 9.17) is 11.6 Å². The van der Waals surface area contributed by atoms with Gasteiger partial charge in [-0.15, -0.1) is 0 Å². The molecule has 96 valence electrons. The summed E-state index contributed by atoms with van der Waals surface area (Å²) in [5.41, 5.74) is 0.506. The molecule has 0 aliphatic heterocycles. The highest BCUT2D eigenvalue weighted by Gasteiger charge is 2.21. The van der Waals surface area contributed by atoms with Gasteiger partial charge >= 0.3 is 0 Å². The monoisotopic (exact) mass is 258 g/mol. The van der Waals surface area contributed by atoms with Crippen LogP contribution in [0.2, 0.25) is 5.02 Å². The molecule has 0 bridgehead atoms. The first kappa shape index (κ1) is 14.5. The van der Waals surface area contributed by atoms with Crippen molar-refractivity contribution in [3.8, 4) is 0 Å². The molecular weight excluding hydrogens is 239 g/mol. The summed E-state index contributed by atoms with van der Waals surface area (Å²) in [6.45, 7) is 5.99. The van der Waals surface area contributed by atoms with Crippen molar-refractivity contribution in [1.82, 2.24) is 0 Å². The van der Waals surface area contributed by atoms with Gasteiger partial charge in [-0.2, -0.15) is 0 Å². The quantitative estimate of drug-likeness (QED) is 0.858. The molecule has 1 N–H and O–H groups in total. The van der Waals surface area contributed by atoms with Crippen molar-refractivity contribution in [1.29, 1.82) is 0 Å². The van der Waals surface area contributed by atoms with Gasteiger partial charge in [0.05, 0.1) is 6.10 Å². The van der Waals surface area contributed by atoms with Gasteiger partial charge in [0.25, 0.3) is 0 Å². The summed E-state index contributed by atoms with van der Waals surface area (Å²) in [4.78, 5) is 0. The molecule has 0 aromatic heterocycles. The van der Waals surface area contributed by atoms with Crippen molar-refractivity contribution >= 4 is 11.6 Å². The highest BCUT2D eigenvalue weighted by Crippen LogP contribution is 2.24. The predicted molar refractivity (Wildman–Crippen MR) is 69.8 cm³/mol. The van der Waals surface area contributed by atoms with Gasteiger partial charge in [-0.1, -0.05) is 32.4 Å². The molecule has 0 fully saturated rings. The van der Waals surface area contributed by atoms with Crippen LogP contribution >= 0.6 is 11.6 Å². The van der Waals surface area contributed by atoms with Crippen LogP contribution in [0.4, 0.5) is 4.39 Å². The fourth-order valence-corrected chi connectivity index (χ4v) is 1.85. The Balaban J connectivity index is 2.49. The summed E-state index contributed by atoms with van der Waals surface area (Å²) in [6, 6.07) is 4.59. The SMILES string of the molecule is CC(C)(C)C(O)CCCc1cc(Cl)ccc1F. The van der Waals surface area contributed by atoms with Gasteiger partial charge in [0, 0.05) is 5.02 Å². The smallest absolute Gasteiger partial charge is 0.126 e. The van der Waals surface area contributed by atoms with Gasteiger partial charge in [-0.25, -0.2) is 4.39 Å². The van der Waals surface area contributed by atoms with Gasteiger partial charge in [0.1, 0.15) is 5.82 Å². The number of hydrogen-bond donors (Lipinski definition) is 1. The summed E-state index contributed by atoms with van der Waals surface area (Å²) in [5, 5.41) is 10.4. The lowest BCUT2D eigenvalue weighted by molar-refractivity contribution is 0.0540.